The maximum atomic E-state index is 12.2. The van der Waals surface area contributed by atoms with Crippen LogP contribution in [0, 0.1) is 5.92 Å². The molecular formula is C18H25N5O. The van der Waals surface area contributed by atoms with E-state index < -0.39 is 0 Å². The minimum atomic E-state index is 0.0470. The maximum Gasteiger partial charge on any atom is 0.317 e. The highest BCUT2D eigenvalue weighted by molar-refractivity contribution is 5.74. The second-order valence-electron chi connectivity index (χ2n) is 6.46. The molecule has 0 saturated carbocycles. The summed E-state index contributed by atoms with van der Waals surface area (Å²) in [7, 11) is 1.90. The molecule has 2 amide bonds. The van der Waals surface area contributed by atoms with E-state index in [1.807, 2.05) is 36.5 Å². The average molecular weight is 327 g/mol. The van der Waals surface area contributed by atoms with E-state index in [9.17, 15) is 4.79 Å². The fourth-order valence-electron chi connectivity index (χ4n) is 3.20. The van der Waals surface area contributed by atoms with E-state index >= 15 is 0 Å². The predicted molar refractivity (Wildman–Crippen MR) is 92.5 cm³/mol. The number of carbonyl (C=O) groups excluding carboxylic acids is 1. The second kappa shape index (κ2) is 7.95. The van der Waals surface area contributed by atoms with E-state index in [2.05, 4.69) is 21.5 Å². The summed E-state index contributed by atoms with van der Waals surface area (Å²) in [5, 5.41) is 7.32. The molecule has 3 heterocycles. The fraction of sp³-hybridized carbons (Fsp3) is 0.500. The van der Waals surface area contributed by atoms with Gasteiger partial charge in [0.1, 0.15) is 0 Å². The van der Waals surface area contributed by atoms with Crippen LogP contribution >= 0.6 is 0 Å². The second-order valence-corrected chi connectivity index (χ2v) is 6.46. The third-order valence-electron chi connectivity index (χ3n) is 4.58. The van der Waals surface area contributed by atoms with Gasteiger partial charge in [-0.05, 0) is 42.9 Å². The molecule has 1 saturated heterocycles. The van der Waals surface area contributed by atoms with Crippen LogP contribution in [0.2, 0.25) is 0 Å². The van der Waals surface area contributed by atoms with Gasteiger partial charge in [-0.25, -0.2) is 4.79 Å². The van der Waals surface area contributed by atoms with E-state index in [1.165, 1.54) is 5.56 Å². The minimum absolute atomic E-state index is 0.0470. The third-order valence-corrected chi connectivity index (χ3v) is 4.58. The molecule has 24 heavy (non-hydrogen) atoms. The van der Waals surface area contributed by atoms with Gasteiger partial charge >= 0.3 is 6.03 Å². The van der Waals surface area contributed by atoms with Crippen LogP contribution in [0.4, 0.5) is 4.79 Å². The molecule has 2 aromatic rings. The SMILES string of the molecule is Cn1ccc(CCNC(=O)N2CCC(Cc3cccnc3)CC2)n1. The van der Waals surface area contributed by atoms with Crippen LogP contribution in [0.3, 0.4) is 0 Å². The first-order valence-corrected chi connectivity index (χ1v) is 8.61. The van der Waals surface area contributed by atoms with Crippen molar-refractivity contribution in [3.63, 3.8) is 0 Å². The van der Waals surface area contributed by atoms with Gasteiger partial charge in [-0.15, -0.1) is 0 Å². The van der Waals surface area contributed by atoms with Crippen molar-refractivity contribution in [3.05, 3.63) is 48.0 Å². The van der Waals surface area contributed by atoms with Gasteiger partial charge < -0.3 is 10.2 Å². The molecule has 1 aliphatic rings. The lowest BCUT2D eigenvalue weighted by molar-refractivity contribution is 0.170. The van der Waals surface area contributed by atoms with Crippen LogP contribution in [0.15, 0.2) is 36.8 Å². The Bertz CT molecular complexity index is 646. The minimum Gasteiger partial charge on any atom is -0.338 e. The molecule has 3 rings (SSSR count). The number of carbonyl (C=O) groups is 1. The van der Waals surface area contributed by atoms with Crippen LogP contribution in [0.5, 0.6) is 0 Å². The molecule has 0 spiro atoms. The summed E-state index contributed by atoms with van der Waals surface area (Å²) in [5.74, 6) is 0.645. The predicted octanol–water partition coefficient (Wildman–Crippen LogP) is 2.02. The quantitative estimate of drug-likeness (QED) is 0.914. The molecule has 2 aromatic heterocycles. The summed E-state index contributed by atoms with van der Waals surface area (Å²) in [6.07, 6.45) is 9.61. The summed E-state index contributed by atoms with van der Waals surface area (Å²) >= 11 is 0. The van der Waals surface area contributed by atoms with Crippen LogP contribution in [0.25, 0.3) is 0 Å². The zero-order chi connectivity index (χ0) is 16.8. The number of nitrogens with one attached hydrogen (secondary N) is 1. The number of amides is 2. The van der Waals surface area contributed by atoms with Gasteiger partial charge in [0.2, 0.25) is 0 Å². The summed E-state index contributed by atoms with van der Waals surface area (Å²) in [4.78, 5) is 18.3. The Hall–Kier alpha value is -2.37. The van der Waals surface area contributed by atoms with Crippen molar-refractivity contribution in [1.82, 2.24) is 25.0 Å². The van der Waals surface area contributed by atoms with Crippen LogP contribution < -0.4 is 5.32 Å². The molecule has 1 N–H and O–H groups in total. The molecule has 1 fully saturated rings. The summed E-state index contributed by atoms with van der Waals surface area (Å²) < 4.78 is 1.78. The molecule has 1 aliphatic heterocycles. The van der Waals surface area contributed by atoms with E-state index in [-0.39, 0.29) is 6.03 Å². The Morgan fingerprint density at radius 2 is 2.17 bits per heavy atom. The van der Waals surface area contributed by atoms with Crippen molar-refractivity contribution < 1.29 is 4.79 Å². The van der Waals surface area contributed by atoms with Gasteiger partial charge in [-0.3, -0.25) is 9.67 Å². The Morgan fingerprint density at radius 3 is 2.83 bits per heavy atom. The van der Waals surface area contributed by atoms with E-state index in [0.29, 0.717) is 12.5 Å². The Morgan fingerprint density at radius 1 is 1.33 bits per heavy atom. The molecule has 6 nitrogen and oxygen atoms in total. The maximum absolute atomic E-state index is 12.2. The number of rotatable bonds is 5. The number of urea groups is 1. The van der Waals surface area contributed by atoms with Gasteiger partial charge in [0, 0.05) is 51.7 Å². The summed E-state index contributed by atoms with van der Waals surface area (Å²) in [5.41, 5.74) is 2.30. The first-order valence-electron chi connectivity index (χ1n) is 8.61. The Labute approximate surface area is 142 Å². The topological polar surface area (TPSA) is 63.1 Å². The molecule has 0 atom stereocenters. The zero-order valence-corrected chi connectivity index (χ0v) is 14.2. The average Bonchev–Trinajstić information content (AvgIpc) is 3.02. The lowest BCUT2D eigenvalue weighted by Gasteiger charge is -2.32. The van der Waals surface area contributed by atoms with Gasteiger partial charge in [-0.2, -0.15) is 5.10 Å². The Kier molecular flexibility index (Phi) is 5.46. The van der Waals surface area contributed by atoms with E-state index in [1.54, 1.807) is 10.9 Å². The van der Waals surface area contributed by atoms with Crippen molar-refractivity contribution in [2.24, 2.45) is 13.0 Å². The van der Waals surface area contributed by atoms with Crippen LogP contribution in [-0.4, -0.2) is 45.3 Å². The molecule has 0 aliphatic carbocycles. The highest BCUT2D eigenvalue weighted by Gasteiger charge is 2.22. The number of hydrogen-bond donors (Lipinski definition) is 1. The van der Waals surface area contributed by atoms with Gasteiger partial charge in [-0.1, -0.05) is 6.07 Å². The van der Waals surface area contributed by atoms with Crippen LogP contribution in [0.1, 0.15) is 24.1 Å². The monoisotopic (exact) mass is 327 g/mol. The molecule has 0 aromatic carbocycles. The summed E-state index contributed by atoms with van der Waals surface area (Å²) in [6, 6.07) is 6.14. The van der Waals surface area contributed by atoms with E-state index in [4.69, 9.17) is 0 Å². The molecule has 0 radical (unpaired) electrons. The number of hydrogen-bond acceptors (Lipinski definition) is 3. The lowest BCUT2D eigenvalue weighted by atomic mass is 9.91. The smallest absolute Gasteiger partial charge is 0.317 e. The highest BCUT2D eigenvalue weighted by Crippen LogP contribution is 2.21. The Balaban J connectivity index is 1.37. The lowest BCUT2D eigenvalue weighted by Crippen LogP contribution is -2.45. The zero-order valence-electron chi connectivity index (χ0n) is 14.2. The normalized spacial score (nSPS) is 15.5. The fourth-order valence-corrected chi connectivity index (χ4v) is 3.20. The van der Waals surface area contributed by atoms with Gasteiger partial charge in [0.25, 0.3) is 0 Å². The molecular weight excluding hydrogens is 302 g/mol. The standard InChI is InChI=1S/C18H25N5O/c1-22-10-7-17(21-22)4-9-20-18(24)23-11-5-15(6-12-23)13-16-3-2-8-19-14-16/h2-3,7-8,10,14-15H,4-6,9,11-13H2,1H3,(H,20,24). The third kappa shape index (κ3) is 4.57. The van der Waals surface area contributed by atoms with E-state index in [0.717, 1.165) is 44.5 Å². The first-order chi connectivity index (χ1) is 11.7. The van der Waals surface area contributed by atoms with Crippen molar-refractivity contribution in [1.29, 1.82) is 0 Å². The summed E-state index contributed by atoms with van der Waals surface area (Å²) in [6.45, 7) is 2.30. The number of likely N-dealkylation sites (tertiary alicyclic amines) is 1. The largest absolute Gasteiger partial charge is 0.338 e. The van der Waals surface area contributed by atoms with Crippen molar-refractivity contribution in [2.45, 2.75) is 25.7 Å². The van der Waals surface area contributed by atoms with Gasteiger partial charge in [0.05, 0.1) is 5.69 Å². The number of nitrogens with zero attached hydrogens (tertiary/aromatic N) is 4. The molecule has 6 heteroatoms. The first kappa shape index (κ1) is 16.5. The number of aryl methyl sites for hydroxylation is 1. The molecule has 0 unspecified atom stereocenters. The van der Waals surface area contributed by atoms with Gasteiger partial charge in [0.15, 0.2) is 0 Å². The van der Waals surface area contributed by atoms with Crippen molar-refractivity contribution in [3.8, 4) is 0 Å². The number of aromatic nitrogens is 3. The molecule has 128 valence electrons. The number of piperidine rings is 1. The molecule has 0 bridgehead atoms. The van der Waals surface area contributed by atoms with Crippen molar-refractivity contribution in [2.75, 3.05) is 19.6 Å². The van der Waals surface area contributed by atoms with Crippen molar-refractivity contribution >= 4 is 6.03 Å². The number of pyridine rings is 1. The van der Waals surface area contributed by atoms with Crippen LogP contribution in [-0.2, 0) is 19.9 Å². The highest BCUT2D eigenvalue weighted by atomic mass is 16.2.